The minimum absolute atomic E-state index is 0.502. The molecule has 0 aliphatic heterocycles. The molecule has 0 aromatic rings. The number of aliphatic carboxylic acids is 2. The number of thiol groups is 2. The number of hydrogen-bond acceptors (Lipinski definition) is 11. The van der Waals surface area contributed by atoms with Crippen LogP contribution in [0.15, 0.2) is 0 Å². The van der Waals surface area contributed by atoms with E-state index in [-0.39, 0.29) is 0 Å². The molecule has 0 rings (SSSR count). The zero-order valence-corrected chi connectivity index (χ0v) is 15.0. The van der Waals surface area contributed by atoms with Crippen LogP contribution in [0.5, 0.6) is 0 Å². The molecule has 0 bridgehead atoms. The number of aliphatic hydroxyl groups is 1. The summed E-state index contributed by atoms with van der Waals surface area (Å²) in [5.41, 5.74) is 0. The van der Waals surface area contributed by atoms with Crippen molar-refractivity contribution in [2.45, 2.75) is 36.1 Å². The summed E-state index contributed by atoms with van der Waals surface area (Å²) in [4.78, 5) is 54.5. The van der Waals surface area contributed by atoms with Gasteiger partial charge in [0.15, 0.2) is 0 Å². The summed E-state index contributed by atoms with van der Waals surface area (Å²) in [7, 11) is 0. The molecule has 3 N–H and O–H groups in total. The van der Waals surface area contributed by atoms with Crippen LogP contribution in [0.4, 0.5) is 0 Å². The fourth-order valence-electron chi connectivity index (χ4n) is 1.16. The van der Waals surface area contributed by atoms with Crippen LogP contribution in [-0.2, 0) is 33.4 Å². The number of carbonyl (C=O) groups excluding carboxylic acids is 3. The second-order valence-electron chi connectivity index (χ2n) is 4.45. The molecule has 25 heavy (non-hydrogen) atoms. The van der Waals surface area contributed by atoms with Gasteiger partial charge in [0.1, 0.15) is 10.5 Å². The van der Waals surface area contributed by atoms with E-state index in [2.05, 4.69) is 46.9 Å². The predicted molar refractivity (Wildman–Crippen MR) is 90.5 cm³/mol. The van der Waals surface area contributed by atoms with E-state index in [0.29, 0.717) is 0 Å². The summed E-state index contributed by atoms with van der Waals surface area (Å²) < 4.78 is 8.69. The summed E-state index contributed by atoms with van der Waals surface area (Å²) in [6.45, 7) is 0. The molecule has 0 radical (unpaired) electrons. The molecule has 0 amide bonds. The molecule has 0 aromatic carbocycles. The molecular weight excluding hydrogens is 400 g/mol. The number of rotatable bonds is 10. The van der Waals surface area contributed by atoms with E-state index in [1.807, 2.05) is 0 Å². The van der Waals surface area contributed by atoms with Crippen molar-refractivity contribution in [1.29, 1.82) is 0 Å². The predicted octanol–water partition coefficient (Wildman–Crippen LogP) is -0.776. The van der Waals surface area contributed by atoms with Crippen LogP contribution in [0.2, 0.25) is 0 Å². The van der Waals surface area contributed by atoms with Gasteiger partial charge in [-0.3, -0.25) is 24.0 Å². The first-order valence-electron chi connectivity index (χ1n) is 6.39. The van der Waals surface area contributed by atoms with E-state index in [1.54, 1.807) is 0 Å². The second-order valence-corrected chi connectivity index (χ2v) is 6.22. The quantitative estimate of drug-likeness (QED) is 0.100. The van der Waals surface area contributed by atoms with Crippen molar-refractivity contribution in [3.05, 3.63) is 0 Å². The van der Waals surface area contributed by atoms with Gasteiger partial charge in [0.25, 0.3) is 0 Å². The monoisotopic (exact) mass is 414 g/mol. The Morgan fingerprint density at radius 1 is 0.880 bits per heavy atom. The molecule has 140 valence electrons. The van der Waals surface area contributed by atoms with Gasteiger partial charge in [-0.15, -0.1) is 0 Å². The smallest absolute Gasteiger partial charge is 0.318 e. The van der Waals surface area contributed by atoms with Gasteiger partial charge < -0.3 is 24.8 Å². The minimum Gasteiger partial charge on any atom is -0.480 e. The second kappa shape index (κ2) is 11.0. The topological polar surface area (TPSA) is 164 Å². The number of esters is 3. The molecule has 3 unspecified atom stereocenters. The highest BCUT2D eigenvalue weighted by Gasteiger charge is 2.25. The Bertz CT molecular complexity index is 575. The van der Waals surface area contributed by atoms with Gasteiger partial charge in [-0.2, -0.15) is 25.3 Å². The average molecular weight is 414 g/mol. The van der Waals surface area contributed by atoms with Crippen LogP contribution in [0, 0.1) is 0 Å². The van der Waals surface area contributed by atoms with E-state index in [0.717, 1.165) is 0 Å². The van der Waals surface area contributed by atoms with Crippen molar-refractivity contribution in [3.8, 4) is 0 Å². The lowest BCUT2D eigenvalue weighted by molar-refractivity contribution is -0.162. The Morgan fingerprint density at radius 2 is 1.32 bits per heavy atom. The van der Waals surface area contributed by atoms with Gasteiger partial charge in [-0.25, -0.2) is 0 Å². The molecule has 0 aliphatic carbocycles. The number of thiocarbonyl (C=S) groups is 1. The highest BCUT2D eigenvalue weighted by atomic mass is 32.1. The zero-order chi connectivity index (χ0) is 19.7. The molecule has 0 aromatic heterocycles. The van der Waals surface area contributed by atoms with Crippen LogP contribution in [0.1, 0.15) is 19.3 Å². The average Bonchev–Trinajstić information content (AvgIpc) is 2.45. The van der Waals surface area contributed by atoms with Crippen molar-refractivity contribution in [2.24, 2.45) is 0 Å². The van der Waals surface area contributed by atoms with Crippen LogP contribution in [0.3, 0.4) is 0 Å². The van der Waals surface area contributed by atoms with Crippen molar-refractivity contribution in [1.82, 2.24) is 0 Å². The van der Waals surface area contributed by atoms with Crippen LogP contribution in [0.25, 0.3) is 0 Å². The van der Waals surface area contributed by atoms with E-state index in [4.69, 9.17) is 10.2 Å². The standard InChI is InChI=1S/C12H14O10S3/c13-7(1-4(23)10(16)17)21-8(14)3-6(25)12(20)22-9(15)2-5(24)11(18)19/h4-5,12,20,23-24H,1-3H2,(H,16,17)(H,18,19). The summed E-state index contributed by atoms with van der Waals surface area (Å²) in [5, 5.41) is 23.9. The van der Waals surface area contributed by atoms with Crippen LogP contribution in [-0.4, -0.2) is 66.8 Å². The van der Waals surface area contributed by atoms with E-state index < -0.39 is 70.8 Å². The zero-order valence-electron chi connectivity index (χ0n) is 12.4. The number of carboxylic acids is 2. The Labute approximate surface area is 157 Å². The van der Waals surface area contributed by atoms with Gasteiger partial charge in [0.05, 0.1) is 24.1 Å². The molecule has 0 fully saturated rings. The van der Waals surface area contributed by atoms with Gasteiger partial charge in [0, 0.05) is 0 Å². The Balaban J connectivity index is 4.36. The van der Waals surface area contributed by atoms with Gasteiger partial charge in [-0.1, -0.05) is 12.2 Å². The molecule has 10 nitrogen and oxygen atoms in total. The molecule has 0 aliphatic rings. The summed E-state index contributed by atoms with van der Waals surface area (Å²) in [6.07, 6.45) is -4.11. The van der Waals surface area contributed by atoms with Crippen LogP contribution < -0.4 is 0 Å². The maximum atomic E-state index is 11.4. The third-order valence-corrected chi connectivity index (χ3v) is 3.51. The van der Waals surface area contributed by atoms with Gasteiger partial charge in [-0.05, 0) is 0 Å². The maximum Gasteiger partial charge on any atom is 0.318 e. The molecule has 0 saturated carbocycles. The maximum absolute atomic E-state index is 11.4. The number of hydrogen-bond donors (Lipinski definition) is 5. The van der Waals surface area contributed by atoms with Crippen molar-refractivity contribution < 1.29 is 48.8 Å². The molecule has 0 heterocycles. The normalized spacial score (nSPS) is 13.9. The minimum atomic E-state index is -2.00. The summed E-state index contributed by atoms with van der Waals surface area (Å²) >= 11 is 11.8. The number of carbonyl (C=O) groups is 5. The summed E-state index contributed by atoms with van der Waals surface area (Å²) in [5.74, 6) is -6.24. The van der Waals surface area contributed by atoms with E-state index >= 15 is 0 Å². The first-order valence-corrected chi connectivity index (χ1v) is 7.83. The highest BCUT2D eigenvalue weighted by molar-refractivity contribution is 7.82. The Morgan fingerprint density at radius 3 is 1.76 bits per heavy atom. The largest absolute Gasteiger partial charge is 0.480 e. The first kappa shape index (κ1) is 23.3. The van der Waals surface area contributed by atoms with Crippen molar-refractivity contribution in [3.63, 3.8) is 0 Å². The molecule has 13 heteroatoms. The van der Waals surface area contributed by atoms with E-state index in [1.165, 1.54) is 0 Å². The SMILES string of the molecule is O=C(CC(=S)C(O)OC(=O)CC(S)C(=O)O)OC(=O)CC(S)C(=O)O. The molecule has 3 atom stereocenters. The molecular formula is C12H14O10S3. The third-order valence-electron chi connectivity index (χ3n) is 2.35. The first-order chi connectivity index (χ1) is 11.4. The lowest BCUT2D eigenvalue weighted by Crippen LogP contribution is -2.30. The fraction of sp³-hybridized carbons (Fsp3) is 0.500. The fourth-order valence-corrected chi connectivity index (χ4v) is 1.63. The number of aliphatic hydroxyl groups excluding tert-OH is 1. The lowest BCUT2D eigenvalue weighted by atomic mass is 10.3. The lowest BCUT2D eigenvalue weighted by Gasteiger charge is -2.13. The number of carboxylic acid groups (broad SMARTS) is 2. The van der Waals surface area contributed by atoms with E-state index in [9.17, 15) is 29.1 Å². The highest BCUT2D eigenvalue weighted by Crippen LogP contribution is 2.08. The Kier molecular flexibility index (Phi) is 10.3. The van der Waals surface area contributed by atoms with Gasteiger partial charge in [0.2, 0.25) is 6.29 Å². The summed E-state index contributed by atoms with van der Waals surface area (Å²) in [6, 6.07) is 0. The third kappa shape index (κ3) is 10.0. The van der Waals surface area contributed by atoms with Crippen molar-refractivity contribution in [2.75, 3.05) is 0 Å². The van der Waals surface area contributed by atoms with Crippen molar-refractivity contribution >= 4 is 72.2 Å². The van der Waals surface area contributed by atoms with Crippen LogP contribution >= 0.6 is 37.5 Å². The molecule has 0 saturated heterocycles. The Hall–Kier alpha value is -1.70. The van der Waals surface area contributed by atoms with Gasteiger partial charge >= 0.3 is 29.8 Å². The molecule has 0 spiro atoms. The number of ether oxygens (including phenoxy) is 2.